The van der Waals surface area contributed by atoms with Gasteiger partial charge in [0.2, 0.25) is 17.7 Å². The third kappa shape index (κ3) is 15.7. The summed E-state index contributed by atoms with van der Waals surface area (Å²) in [7, 11) is 1.89. The summed E-state index contributed by atoms with van der Waals surface area (Å²) in [6.07, 6.45) is 15.2. The lowest BCUT2D eigenvalue weighted by atomic mass is 9.85. The quantitative estimate of drug-likeness (QED) is 0.138. The summed E-state index contributed by atoms with van der Waals surface area (Å²) in [6, 6.07) is 3.47. The topological polar surface area (TPSA) is 195 Å². The van der Waals surface area contributed by atoms with Crippen molar-refractivity contribution in [2.45, 2.75) is 161 Å². The smallest absolute Gasteiger partial charge is 0.325 e. The van der Waals surface area contributed by atoms with Crippen LogP contribution in [0.2, 0.25) is 0 Å². The molecule has 1 aliphatic carbocycles. The van der Waals surface area contributed by atoms with Crippen LogP contribution in [0, 0.1) is 23.7 Å². The first-order valence-corrected chi connectivity index (χ1v) is 23.0. The first kappa shape index (κ1) is 50.8. The summed E-state index contributed by atoms with van der Waals surface area (Å²) in [5.41, 5.74) is 4.42. The van der Waals surface area contributed by atoms with Crippen molar-refractivity contribution in [3.63, 3.8) is 0 Å². The number of carbonyl (C=O) groups is 6. The van der Waals surface area contributed by atoms with E-state index in [0.717, 1.165) is 31.3 Å². The molecule has 2 bridgehead atoms. The lowest BCUT2D eigenvalue weighted by Gasteiger charge is -2.36. The number of Topliss-reactive ketones (excluding diaryl/α,β-unsaturated/α-hetero) is 1. The third-order valence-corrected chi connectivity index (χ3v) is 12.7. The summed E-state index contributed by atoms with van der Waals surface area (Å²) < 4.78 is 6.21. The molecule has 2 fully saturated rings. The molecule has 1 aromatic carbocycles. The van der Waals surface area contributed by atoms with Crippen molar-refractivity contribution in [2.24, 2.45) is 23.7 Å². The van der Waals surface area contributed by atoms with E-state index in [4.69, 9.17) is 4.74 Å². The number of rotatable bonds is 11. The van der Waals surface area contributed by atoms with E-state index in [1.165, 1.54) is 30.5 Å². The summed E-state index contributed by atoms with van der Waals surface area (Å²) in [5.74, 6) is -4.28. The zero-order valence-corrected chi connectivity index (χ0v) is 38.5. The molecule has 1 saturated carbocycles. The fourth-order valence-corrected chi connectivity index (χ4v) is 8.74. The van der Waals surface area contributed by atoms with Gasteiger partial charge in [0, 0.05) is 45.3 Å². The summed E-state index contributed by atoms with van der Waals surface area (Å²) in [5, 5.41) is 28.8. The largest absolute Gasteiger partial charge is 0.508 e. The average Bonchev–Trinajstić information content (AvgIpc) is 3.24. The third-order valence-electron chi connectivity index (χ3n) is 12.7. The van der Waals surface area contributed by atoms with Gasteiger partial charge in [-0.15, -0.1) is 0 Å². The van der Waals surface area contributed by atoms with Gasteiger partial charge in [0.25, 0.3) is 5.91 Å². The second-order valence-electron chi connectivity index (χ2n) is 18.4. The molecule has 8 atom stereocenters. The van der Waals surface area contributed by atoms with Gasteiger partial charge in [-0.25, -0.2) is 5.43 Å². The number of fused-ring (bicyclic) bond motifs is 2. The van der Waals surface area contributed by atoms with Gasteiger partial charge in [-0.05, 0) is 93.4 Å². The van der Waals surface area contributed by atoms with Gasteiger partial charge in [-0.3, -0.25) is 29.0 Å². The van der Waals surface area contributed by atoms with E-state index in [1.807, 2.05) is 63.1 Å². The first-order chi connectivity index (χ1) is 29.9. The molecule has 2 unspecified atom stereocenters. The van der Waals surface area contributed by atoms with Gasteiger partial charge in [-0.1, -0.05) is 89.5 Å². The molecular formula is C49H73N5O9. The predicted octanol–water partition coefficient (Wildman–Crippen LogP) is 5.62. The number of ketones is 1. The minimum Gasteiger partial charge on any atom is -0.508 e. The number of aromatic hydroxyl groups is 1. The van der Waals surface area contributed by atoms with E-state index >= 15 is 0 Å². The number of hydrogen-bond donors (Lipinski definition) is 5. The Morgan fingerprint density at radius 1 is 0.952 bits per heavy atom. The Kier molecular flexibility index (Phi) is 20.1. The predicted molar refractivity (Wildman–Crippen MR) is 242 cm³/mol. The van der Waals surface area contributed by atoms with Crippen LogP contribution in [0.1, 0.15) is 124 Å². The number of allylic oxidation sites excluding steroid dienone is 4. The maximum absolute atomic E-state index is 14.4. The maximum atomic E-state index is 14.4. The molecule has 3 aliphatic rings. The van der Waals surface area contributed by atoms with Crippen molar-refractivity contribution in [1.29, 1.82) is 0 Å². The van der Waals surface area contributed by atoms with Gasteiger partial charge < -0.3 is 35.3 Å². The molecule has 1 saturated heterocycles. The molecule has 0 aromatic heterocycles. The van der Waals surface area contributed by atoms with Gasteiger partial charge in [0.15, 0.2) is 0 Å². The molecule has 5 N–H and O–H groups in total. The Labute approximate surface area is 374 Å². The highest BCUT2D eigenvalue weighted by atomic mass is 16.5. The van der Waals surface area contributed by atoms with E-state index in [-0.39, 0.29) is 55.2 Å². The van der Waals surface area contributed by atoms with Crippen molar-refractivity contribution in [1.82, 2.24) is 26.0 Å². The minimum atomic E-state index is -1.17. The number of nitrogens with one attached hydrogen (secondary N) is 3. The number of aliphatic hydroxyl groups excluding tert-OH is 1. The number of hydrogen-bond acceptors (Lipinski definition) is 10. The lowest BCUT2D eigenvalue weighted by Crippen LogP contribution is -2.62. The number of phenolic OH excluding ortho intramolecular Hbond substituents is 1. The van der Waals surface area contributed by atoms with Crippen molar-refractivity contribution >= 4 is 35.4 Å². The number of carbonyl (C=O) groups excluding carboxylic acids is 6. The Morgan fingerprint density at radius 3 is 2.32 bits per heavy atom. The van der Waals surface area contributed by atoms with Crippen LogP contribution in [0.25, 0.3) is 0 Å². The average molecular weight is 876 g/mol. The molecule has 4 rings (SSSR count). The monoisotopic (exact) mass is 876 g/mol. The number of ether oxygens (including phenoxy) is 1. The van der Waals surface area contributed by atoms with Crippen LogP contribution in [0.4, 0.5) is 0 Å². The molecule has 348 valence electrons. The maximum Gasteiger partial charge on any atom is 0.325 e. The van der Waals surface area contributed by atoms with Crippen LogP contribution in [0.15, 0.2) is 60.2 Å². The normalized spacial score (nSPS) is 28.1. The van der Waals surface area contributed by atoms with Crippen molar-refractivity contribution in [3.05, 3.63) is 65.8 Å². The number of esters is 1. The highest BCUT2D eigenvalue weighted by Crippen LogP contribution is 2.26. The Morgan fingerprint density at radius 2 is 1.65 bits per heavy atom. The summed E-state index contributed by atoms with van der Waals surface area (Å²) >= 11 is 0. The molecule has 14 heteroatoms. The lowest BCUT2D eigenvalue weighted by molar-refractivity contribution is -0.156. The Hall–Kier alpha value is -4.82. The highest BCUT2D eigenvalue weighted by Gasteiger charge is 2.38. The van der Waals surface area contributed by atoms with E-state index in [1.54, 1.807) is 26.0 Å². The van der Waals surface area contributed by atoms with Crippen LogP contribution in [0.3, 0.4) is 0 Å². The SMILES string of the molecule is CC(=O)CC[C@H]1C(=O)N[C@@H](C(C)C)C(=O)N[C@@H](Cc2cccc(O)c2)C(=O)N2CCCC(N2)C(=O)O[C@H](/C(C)=C/C(C)CC(=O)N(C)C2CCCCC2)C/C=C/C=C/C[C@H](C)[C@H]1O. The van der Waals surface area contributed by atoms with Gasteiger partial charge >= 0.3 is 5.97 Å². The second kappa shape index (κ2) is 24.9. The highest BCUT2D eigenvalue weighted by molar-refractivity contribution is 5.93. The molecule has 0 spiro atoms. The number of aliphatic hydroxyl groups is 1. The van der Waals surface area contributed by atoms with Gasteiger partial charge in [-0.2, -0.15) is 0 Å². The van der Waals surface area contributed by atoms with Crippen LogP contribution in [0.5, 0.6) is 5.75 Å². The fraction of sp³-hybridized carbons (Fsp3) is 0.633. The molecule has 2 aliphatic heterocycles. The van der Waals surface area contributed by atoms with E-state index < -0.39 is 71.8 Å². The molecule has 2 heterocycles. The van der Waals surface area contributed by atoms with Crippen LogP contribution in [-0.4, -0.2) is 105 Å². The summed E-state index contributed by atoms with van der Waals surface area (Å²) in [4.78, 5) is 83.8. The number of hydrazine groups is 1. The Balaban J connectivity index is 1.66. The first-order valence-electron chi connectivity index (χ1n) is 23.0. The van der Waals surface area contributed by atoms with E-state index in [9.17, 15) is 39.0 Å². The van der Waals surface area contributed by atoms with Crippen LogP contribution in [-0.2, 0) is 39.9 Å². The van der Waals surface area contributed by atoms with Crippen molar-refractivity contribution in [3.8, 4) is 5.75 Å². The molecule has 1 aromatic rings. The van der Waals surface area contributed by atoms with E-state index in [2.05, 4.69) is 16.1 Å². The van der Waals surface area contributed by atoms with Crippen LogP contribution >= 0.6 is 0 Å². The van der Waals surface area contributed by atoms with Crippen LogP contribution < -0.4 is 16.1 Å². The fourth-order valence-electron chi connectivity index (χ4n) is 8.74. The van der Waals surface area contributed by atoms with E-state index in [0.29, 0.717) is 37.7 Å². The molecule has 63 heavy (non-hydrogen) atoms. The number of nitrogens with zero attached hydrogens (tertiary/aromatic N) is 2. The molecule has 4 amide bonds. The number of benzene rings is 1. The summed E-state index contributed by atoms with van der Waals surface area (Å²) in [6.45, 7) is 10.9. The second-order valence-corrected chi connectivity index (χ2v) is 18.4. The van der Waals surface area contributed by atoms with Crippen molar-refractivity contribution in [2.75, 3.05) is 13.6 Å². The Bertz CT molecular complexity index is 1820. The van der Waals surface area contributed by atoms with Gasteiger partial charge in [0.1, 0.15) is 35.8 Å². The standard InChI is InChI=1S/C49H73N5O9/c1-31(2)44-47(60)50-41(30-36-18-15-21-38(56)29-36)48(61)54-26-16-22-40(52-54)49(62)63-42(34(5)27-32(3)28-43(57)53(7)37-19-12-10-13-20-37)23-14-9-8-11-17-33(4)45(58)39(46(59)51-44)25-24-35(6)55/h8-9,11,14-15,18,21,27,29,31-33,37,39-42,44-45,52,56,58H,10,12-13,16-17,19-20,22-26,28,30H2,1-7H3,(H,50,60)(H,51,59)/b11-8+,14-9+,34-27+/t32?,33-,39+,40?,41-,42-,44-,45+/m0/s1. The molecule has 14 nitrogen and oxygen atoms in total. The number of amides is 4. The molecular weight excluding hydrogens is 803 g/mol. The zero-order valence-electron chi connectivity index (χ0n) is 38.5. The zero-order chi connectivity index (χ0) is 46.2. The molecule has 0 radical (unpaired) electrons. The number of phenols is 1. The van der Waals surface area contributed by atoms with Gasteiger partial charge in [0.05, 0.1) is 12.0 Å². The number of cyclic esters (lactones) is 1. The minimum absolute atomic E-state index is 0.00839. The van der Waals surface area contributed by atoms with Crippen molar-refractivity contribution < 1.29 is 43.7 Å².